The molecule has 0 aliphatic heterocycles. The Morgan fingerprint density at radius 2 is 2.16 bits per heavy atom. The summed E-state index contributed by atoms with van der Waals surface area (Å²) in [5, 5.41) is 3.77. The van der Waals surface area contributed by atoms with E-state index in [2.05, 4.69) is 28.2 Å². The van der Waals surface area contributed by atoms with Gasteiger partial charge in [-0.3, -0.25) is 0 Å². The number of methoxy groups -OCH3 is 1. The second-order valence-corrected chi connectivity index (χ2v) is 5.25. The molecule has 1 N–H and O–H groups in total. The van der Waals surface area contributed by atoms with E-state index in [0.717, 1.165) is 28.1 Å². The number of nitrogens with one attached hydrogen (secondary N) is 1. The van der Waals surface area contributed by atoms with Crippen molar-refractivity contribution in [2.75, 3.05) is 13.7 Å². The molecule has 1 aromatic carbocycles. The number of benzene rings is 1. The minimum atomic E-state index is -0.0280. The minimum Gasteiger partial charge on any atom is -0.496 e. The van der Waals surface area contributed by atoms with E-state index in [1.165, 1.54) is 0 Å². The van der Waals surface area contributed by atoms with E-state index < -0.39 is 0 Å². The SMILES string of the molecule is CCNC(c1ccc(OC)c(Br)c1)c1ccc(Cl)o1. The number of rotatable bonds is 5. The first-order chi connectivity index (χ1) is 9.15. The lowest BCUT2D eigenvalue weighted by Gasteiger charge is -2.17. The molecule has 19 heavy (non-hydrogen) atoms. The third kappa shape index (κ3) is 3.32. The van der Waals surface area contributed by atoms with Gasteiger partial charge in [0.25, 0.3) is 0 Å². The first-order valence-corrected chi connectivity index (χ1v) is 7.14. The fourth-order valence-electron chi connectivity index (χ4n) is 1.93. The van der Waals surface area contributed by atoms with Crippen molar-refractivity contribution in [1.82, 2.24) is 5.32 Å². The van der Waals surface area contributed by atoms with Gasteiger partial charge in [0.2, 0.25) is 0 Å². The largest absolute Gasteiger partial charge is 0.496 e. The fraction of sp³-hybridized carbons (Fsp3) is 0.286. The highest BCUT2D eigenvalue weighted by atomic mass is 79.9. The van der Waals surface area contributed by atoms with Gasteiger partial charge in [-0.05, 0) is 63.9 Å². The number of ether oxygens (including phenoxy) is 1. The van der Waals surface area contributed by atoms with Crippen LogP contribution in [-0.2, 0) is 0 Å². The maximum absolute atomic E-state index is 5.85. The molecule has 0 saturated heterocycles. The molecule has 102 valence electrons. The molecule has 3 nitrogen and oxygen atoms in total. The molecular formula is C14H15BrClNO2. The summed E-state index contributed by atoms with van der Waals surface area (Å²) in [5.41, 5.74) is 1.08. The second kappa shape index (κ2) is 6.46. The zero-order valence-electron chi connectivity index (χ0n) is 10.7. The van der Waals surface area contributed by atoms with Crippen LogP contribution in [0.25, 0.3) is 0 Å². The highest BCUT2D eigenvalue weighted by Gasteiger charge is 2.18. The zero-order chi connectivity index (χ0) is 13.8. The summed E-state index contributed by atoms with van der Waals surface area (Å²) >= 11 is 9.34. The predicted molar refractivity (Wildman–Crippen MR) is 79.9 cm³/mol. The molecule has 2 aromatic rings. The van der Waals surface area contributed by atoms with E-state index in [9.17, 15) is 0 Å². The first kappa shape index (κ1) is 14.4. The van der Waals surface area contributed by atoms with Crippen molar-refractivity contribution in [3.05, 3.63) is 51.3 Å². The summed E-state index contributed by atoms with van der Waals surface area (Å²) < 4.78 is 11.7. The molecule has 0 amide bonds. The summed E-state index contributed by atoms with van der Waals surface area (Å²) in [7, 11) is 1.65. The van der Waals surface area contributed by atoms with Crippen LogP contribution in [0.15, 0.2) is 39.2 Å². The normalized spacial score (nSPS) is 12.4. The molecule has 1 atom stereocenters. The molecule has 0 saturated carbocycles. The fourth-order valence-corrected chi connectivity index (χ4v) is 2.64. The number of halogens is 2. The Bertz CT molecular complexity index is 556. The van der Waals surface area contributed by atoms with Gasteiger partial charge in [0, 0.05) is 0 Å². The molecule has 0 spiro atoms. The molecule has 0 bridgehead atoms. The van der Waals surface area contributed by atoms with Crippen LogP contribution in [0.5, 0.6) is 5.75 Å². The lowest BCUT2D eigenvalue weighted by Crippen LogP contribution is -2.21. The van der Waals surface area contributed by atoms with Crippen molar-refractivity contribution in [2.45, 2.75) is 13.0 Å². The van der Waals surface area contributed by atoms with Gasteiger partial charge >= 0.3 is 0 Å². The molecule has 5 heteroatoms. The van der Waals surface area contributed by atoms with Gasteiger partial charge in [-0.25, -0.2) is 0 Å². The Balaban J connectivity index is 2.36. The van der Waals surface area contributed by atoms with Gasteiger partial charge in [0.1, 0.15) is 11.5 Å². The smallest absolute Gasteiger partial charge is 0.193 e. The highest BCUT2D eigenvalue weighted by Crippen LogP contribution is 2.31. The highest BCUT2D eigenvalue weighted by molar-refractivity contribution is 9.10. The van der Waals surface area contributed by atoms with Crippen molar-refractivity contribution in [3.8, 4) is 5.75 Å². The molecule has 0 aliphatic carbocycles. The Hall–Kier alpha value is -0.970. The third-order valence-corrected chi connectivity index (χ3v) is 3.62. The first-order valence-electron chi connectivity index (χ1n) is 5.97. The van der Waals surface area contributed by atoms with Crippen molar-refractivity contribution in [2.24, 2.45) is 0 Å². The minimum absolute atomic E-state index is 0.0280. The number of furan rings is 1. The summed E-state index contributed by atoms with van der Waals surface area (Å²) in [6.07, 6.45) is 0. The van der Waals surface area contributed by atoms with Crippen LogP contribution >= 0.6 is 27.5 Å². The van der Waals surface area contributed by atoms with Crippen molar-refractivity contribution in [1.29, 1.82) is 0 Å². The molecule has 1 unspecified atom stereocenters. The molecule has 1 heterocycles. The van der Waals surface area contributed by atoms with Gasteiger partial charge in [-0.15, -0.1) is 0 Å². The van der Waals surface area contributed by atoms with E-state index >= 15 is 0 Å². The average molecular weight is 345 g/mol. The Labute approximate surface area is 126 Å². The second-order valence-electron chi connectivity index (χ2n) is 4.03. The maximum atomic E-state index is 5.85. The van der Waals surface area contributed by atoms with Crippen LogP contribution < -0.4 is 10.1 Å². The van der Waals surface area contributed by atoms with Gasteiger partial charge < -0.3 is 14.5 Å². The van der Waals surface area contributed by atoms with Crippen LogP contribution in [-0.4, -0.2) is 13.7 Å². The van der Waals surface area contributed by atoms with E-state index in [0.29, 0.717) is 5.22 Å². The van der Waals surface area contributed by atoms with E-state index in [1.54, 1.807) is 13.2 Å². The van der Waals surface area contributed by atoms with Crippen LogP contribution in [0.2, 0.25) is 5.22 Å². The quantitative estimate of drug-likeness (QED) is 0.873. The van der Waals surface area contributed by atoms with Gasteiger partial charge in [0.05, 0.1) is 17.6 Å². The maximum Gasteiger partial charge on any atom is 0.193 e. The predicted octanol–water partition coefficient (Wildman–Crippen LogP) is 4.40. The monoisotopic (exact) mass is 343 g/mol. The molecule has 0 radical (unpaired) electrons. The van der Waals surface area contributed by atoms with Crippen LogP contribution in [0.3, 0.4) is 0 Å². The van der Waals surface area contributed by atoms with Crippen molar-refractivity contribution < 1.29 is 9.15 Å². The van der Waals surface area contributed by atoms with E-state index in [1.807, 2.05) is 24.3 Å². The van der Waals surface area contributed by atoms with Crippen molar-refractivity contribution >= 4 is 27.5 Å². The van der Waals surface area contributed by atoms with E-state index in [4.69, 9.17) is 20.8 Å². The Morgan fingerprint density at radius 1 is 1.37 bits per heavy atom. The van der Waals surface area contributed by atoms with Crippen molar-refractivity contribution in [3.63, 3.8) is 0 Å². The van der Waals surface area contributed by atoms with E-state index in [-0.39, 0.29) is 6.04 Å². The molecule has 1 aromatic heterocycles. The molecule has 0 fully saturated rings. The summed E-state index contributed by atoms with van der Waals surface area (Å²) in [6, 6.07) is 9.55. The molecular weight excluding hydrogens is 330 g/mol. The van der Waals surface area contributed by atoms with Gasteiger partial charge in [0.15, 0.2) is 5.22 Å². The average Bonchev–Trinajstić information content (AvgIpc) is 2.82. The summed E-state index contributed by atoms with van der Waals surface area (Å²) in [6.45, 7) is 2.88. The Kier molecular flexibility index (Phi) is 4.91. The zero-order valence-corrected chi connectivity index (χ0v) is 13.1. The molecule has 0 aliphatic rings. The summed E-state index contributed by atoms with van der Waals surface area (Å²) in [5.74, 6) is 1.60. The standard InChI is InChI=1S/C14H15BrClNO2/c1-3-17-14(12-6-7-13(16)19-12)9-4-5-11(18-2)10(15)8-9/h4-8,14,17H,3H2,1-2H3. The van der Waals surface area contributed by atoms with Crippen LogP contribution in [0.1, 0.15) is 24.3 Å². The van der Waals surface area contributed by atoms with Gasteiger partial charge in [-0.1, -0.05) is 13.0 Å². The lowest BCUT2D eigenvalue weighted by atomic mass is 10.0. The van der Waals surface area contributed by atoms with Crippen LogP contribution in [0.4, 0.5) is 0 Å². The molecule has 2 rings (SSSR count). The number of hydrogen-bond donors (Lipinski definition) is 1. The topological polar surface area (TPSA) is 34.4 Å². The lowest BCUT2D eigenvalue weighted by molar-refractivity contribution is 0.411. The van der Waals surface area contributed by atoms with Crippen LogP contribution in [0, 0.1) is 0 Å². The van der Waals surface area contributed by atoms with Gasteiger partial charge in [-0.2, -0.15) is 0 Å². The number of hydrogen-bond acceptors (Lipinski definition) is 3. The summed E-state index contributed by atoms with van der Waals surface area (Å²) in [4.78, 5) is 0. The third-order valence-electron chi connectivity index (χ3n) is 2.80. The Morgan fingerprint density at radius 3 is 2.68 bits per heavy atom.